The molecule has 4 nitrogen and oxygen atoms in total. The van der Waals surface area contributed by atoms with Crippen LogP contribution in [0, 0.1) is 5.92 Å². The summed E-state index contributed by atoms with van der Waals surface area (Å²) in [6, 6.07) is 4.66. The highest BCUT2D eigenvalue weighted by atomic mass is 35.5. The largest absolute Gasteiger partial charge is 0.299 e. The van der Waals surface area contributed by atoms with Gasteiger partial charge in [0.25, 0.3) is 0 Å². The Hall–Kier alpha value is -1.81. The monoisotopic (exact) mass is 473 g/mol. The van der Waals surface area contributed by atoms with Gasteiger partial charge in [-0.15, -0.1) is 0 Å². The number of nitrogens with one attached hydrogen (secondary N) is 1. The highest BCUT2D eigenvalue weighted by Crippen LogP contribution is 2.32. The zero-order valence-corrected chi connectivity index (χ0v) is 21.2. The number of halogens is 1. The average molecular weight is 474 g/mol. The molecule has 1 radical (unpaired) electrons. The molecule has 1 N–H and O–H groups in total. The Morgan fingerprint density at radius 1 is 0.909 bits per heavy atom. The molecule has 0 saturated carbocycles. The van der Waals surface area contributed by atoms with Crippen molar-refractivity contribution in [2.45, 2.75) is 110 Å². The predicted molar refractivity (Wildman–Crippen MR) is 139 cm³/mol. The van der Waals surface area contributed by atoms with Gasteiger partial charge in [-0.3, -0.25) is 20.2 Å². The Bertz CT molecular complexity index is 762. The van der Waals surface area contributed by atoms with Gasteiger partial charge in [0.15, 0.2) is 0 Å². The number of amides is 2. The van der Waals surface area contributed by atoms with Crippen molar-refractivity contribution in [3.63, 3.8) is 0 Å². The Labute approximate surface area is 205 Å². The number of hydrogen-bond donors (Lipinski definition) is 0. The van der Waals surface area contributed by atoms with E-state index in [-0.39, 0.29) is 29.8 Å². The van der Waals surface area contributed by atoms with Crippen LogP contribution in [-0.2, 0) is 9.59 Å². The molecule has 1 heterocycles. The van der Waals surface area contributed by atoms with Gasteiger partial charge in [0, 0.05) is 6.42 Å². The number of benzene rings is 1. The van der Waals surface area contributed by atoms with E-state index in [9.17, 15) is 9.59 Å². The molecule has 0 spiro atoms. The summed E-state index contributed by atoms with van der Waals surface area (Å²) in [6.07, 6.45) is 23.7. The van der Waals surface area contributed by atoms with Crippen LogP contribution in [-0.4, -0.2) is 11.8 Å². The van der Waals surface area contributed by atoms with Crippen molar-refractivity contribution in [2.24, 2.45) is 5.92 Å². The van der Waals surface area contributed by atoms with Crippen molar-refractivity contribution in [3.8, 4) is 0 Å². The van der Waals surface area contributed by atoms with Gasteiger partial charge in [-0.25, -0.2) is 0 Å². The minimum atomic E-state index is -0.301. The number of hydrogen-bond acceptors (Lipinski definition) is 2. The highest BCUT2D eigenvalue weighted by Gasteiger charge is 2.38. The lowest BCUT2D eigenvalue weighted by atomic mass is 10.0. The minimum Gasteiger partial charge on any atom is -0.299 e. The Kier molecular flexibility index (Phi) is 13.2. The first kappa shape index (κ1) is 27.4. The molecule has 1 unspecified atom stereocenters. The van der Waals surface area contributed by atoms with Gasteiger partial charge in [0.05, 0.1) is 22.3 Å². The van der Waals surface area contributed by atoms with Gasteiger partial charge in [0.1, 0.15) is 0 Å². The fraction of sp³-hybridized carbons (Fsp3) is 0.643. The first-order valence-electron chi connectivity index (χ1n) is 13.1. The second-order valence-corrected chi connectivity index (χ2v) is 9.78. The van der Waals surface area contributed by atoms with E-state index in [2.05, 4.69) is 19.1 Å². The van der Waals surface area contributed by atoms with Crippen LogP contribution < -0.4 is 10.6 Å². The molecule has 0 bridgehead atoms. The molecule has 2 amide bonds. The summed E-state index contributed by atoms with van der Waals surface area (Å²) >= 11 is 5.89. The first-order chi connectivity index (χ1) is 16.0. The predicted octanol–water partition coefficient (Wildman–Crippen LogP) is 8.56. The molecule has 183 valence electrons. The molecule has 2 rings (SSSR count). The van der Waals surface area contributed by atoms with Crippen molar-refractivity contribution in [1.29, 1.82) is 0 Å². The molecule has 1 saturated heterocycles. The molecule has 33 heavy (non-hydrogen) atoms. The second-order valence-electron chi connectivity index (χ2n) is 9.37. The van der Waals surface area contributed by atoms with Crippen LogP contribution >= 0.6 is 11.6 Å². The molecule has 1 atom stereocenters. The normalized spacial score (nSPS) is 16.4. The lowest BCUT2D eigenvalue weighted by molar-refractivity contribution is -0.122. The minimum absolute atomic E-state index is 0.121. The fourth-order valence-corrected chi connectivity index (χ4v) is 4.58. The smallest absolute Gasteiger partial charge is 0.237 e. The number of nitrogens with zero attached hydrogens (tertiary/aromatic N) is 1. The first-order valence-corrected chi connectivity index (χ1v) is 13.4. The van der Waals surface area contributed by atoms with Crippen molar-refractivity contribution >= 4 is 34.8 Å². The Morgan fingerprint density at radius 3 is 2.06 bits per heavy atom. The third-order valence-electron chi connectivity index (χ3n) is 6.51. The van der Waals surface area contributed by atoms with Crippen LogP contribution in [0.5, 0.6) is 0 Å². The topological polar surface area (TPSA) is 61.2 Å². The van der Waals surface area contributed by atoms with E-state index in [0.29, 0.717) is 17.1 Å². The fourth-order valence-electron chi connectivity index (χ4n) is 4.46. The maximum Gasteiger partial charge on any atom is 0.237 e. The third-order valence-corrected chi connectivity index (χ3v) is 6.84. The summed E-state index contributed by atoms with van der Waals surface area (Å²) in [5.74, 6) is -0.672. The van der Waals surface area contributed by atoms with E-state index in [4.69, 9.17) is 17.3 Å². The summed E-state index contributed by atoms with van der Waals surface area (Å²) < 4.78 is 0. The molecule has 5 heteroatoms. The zero-order chi connectivity index (χ0) is 23.9. The standard InChI is InChI=1S/C28H42ClN2O2/c1-2-3-4-5-6-7-8-9-10-11-12-13-14-15-16-17-18-23-21-27(32)31(28(23)33)24-19-20-25(29)26(30)22-24/h16-17,19-20,22-23,30H,2-15,18,21H2,1H3. The Morgan fingerprint density at radius 2 is 1.48 bits per heavy atom. The highest BCUT2D eigenvalue weighted by molar-refractivity contribution is 6.33. The molecule has 1 aromatic carbocycles. The van der Waals surface area contributed by atoms with Crippen molar-refractivity contribution in [3.05, 3.63) is 35.4 Å². The summed E-state index contributed by atoms with van der Waals surface area (Å²) in [5.41, 5.74) is 8.36. The van der Waals surface area contributed by atoms with Gasteiger partial charge < -0.3 is 0 Å². The maximum absolute atomic E-state index is 12.7. The van der Waals surface area contributed by atoms with Crippen LogP contribution in [0.15, 0.2) is 30.4 Å². The zero-order valence-electron chi connectivity index (χ0n) is 20.4. The molecule has 0 aromatic heterocycles. The maximum atomic E-state index is 12.7. The molecular weight excluding hydrogens is 432 g/mol. The van der Waals surface area contributed by atoms with Crippen molar-refractivity contribution in [1.82, 2.24) is 5.73 Å². The molecular formula is C28H42ClN2O2. The quantitative estimate of drug-likeness (QED) is 0.129. The number of imide groups is 1. The lowest BCUT2D eigenvalue weighted by Gasteiger charge is -2.15. The van der Waals surface area contributed by atoms with Crippen LogP contribution in [0.3, 0.4) is 0 Å². The van der Waals surface area contributed by atoms with Gasteiger partial charge in [0.2, 0.25) is 11.8 Å². The second kappa shape index (κ2) is 15.9. The molecule has 1 aliphatic rings. The molecule has 1 aliphatic heterocycles. The number of anilines is 1. The summed E-state index contributed by atoms with van der Waals surface area (Å²) in [5, 5.41) is 0.311. The van der Waals surface area contributed by atoms with Crippen LogP contribution in [0.4, 0.5) is 11.4 Å². The van der Waals surface area contributed by atoms with Crippen molar-refractivity contribution in [2.75, 3.05) is 4.90 Å². The SMILES string of the molecule is CCCCCCCCCCCCCCCC=CCC1CC(=O)N(c2ccc(Cl)c([NH])c2)C1=O. The number of allylic oxidation sites excluding steroid dienone is 2. The van der Waals surface area contributed by atoms with Crippen molar-refractivity contribution < 1.29 is 9.59 Å². The van der Waals surface area contributed by atoms with E-state index in [0.717, 1.165) is 6.42 Å². The molecule has 1 fully saturated rings. The van der Waals surface area contributed by atoms with Gasteiger partial charge in [-0.05, 0) is 37.5 Å². The molecule has 1 aromatic rings. The van der Waals surface area contributed by atoms with E-state index < -0.39 is 0 Å². The van der Waals surface area contributed by atoms with E-state index >= 15 is 0 Å². The van der Waals surface area contributed by atoms with Gasteiger partial charge >= 0.3 is 0 Å². The number of carbonyl (C=O) groups excluding carboxylic acids is 2. The summed E-state index contributed by atoms with van der Waals surface area (Å²) in [6.45, 7) is 2.27. The summed E-state index contributed by atoms with van der Waals surface area (Å²) in [7, 11) is 0. The van der Waals surface area contributed by atoms with Crippen LogP contribution in [0.2, 0.25) is 5.02 Å². The summed E-state index contributed by atoms with van der Waals surface area (Å²) in [4.78, 5) is 26.2. The van der Waals surface area contributed by atoms with E-state index in [1.807, 2.05) is 0 Å². The average Bonchev–Trinajstić information content (AvgIpc) is 3.08. The van der Waals surface area contributed by atoms with E-state index in [1.54, 1.807) is 12.1 Å². The van der Waals surface area contributed by atoms with Crippen LogP contribution in [0.1, 0.15) is 110 Å². The lowest BCUT2D eigenvalue weighted by Crippen LogP contribution is -2.30. The van der Waals surface area contributed by atoms with Crippen LogP contribution in [0.25, 0.3) is 0 Å². The molecule has 0 aliphatic carbocycles. The number of unbranched alkanes of at least 4 members (excludes halogenated alkanes) is 13. The van der Waals surface area contributed by atoms with E-state index in [1.165, 1.54) is 94.4 Å². The number of carbonyl (C=O) groups is 2. The van der Waals surface area contributed by atoms with Gasteiger partial charge in [-0.1, -0.05) is 108 Å². The van der Waals surface area contributed by atoms with Gasteiger partial charge in [-0.2, -0.15) is 0 Å². The third kappa shape index (κ3) is 9.92. The Balaban J connectivity index is 1.51. The number of rotatable bonds is 17.